The number of hydrogen-bond acceptors (Lipinski definition) is 7. The predicted octanol–water partition coefficient (Wildman–Crippen LogP) is 5.04. The molecule has 6 rings (SSSR count). The van der Waals surface area contributed by atoms with E-state index in [0.29, 0.717) is 30.6 Å². The largest absolute Gasteiger partial charge is 0.416 e. The number of rotatable bonds is 6. The maximum atomic E-state index is 13.3. The second kappa shape index (κ2) is 9.82. The summed E-state index contributed by atoms with van der Waals surface area (Å²) in [5, 5.41) is 13.0. The van der Waals surface area contributed by atoms with Crippen LogP contribution in [0.1, 0.15) is 49.0 Å². The van der Waals surface area contributed by atoms with Gasteiger partial charge in [0.25, 0.3) is 0 Å². The van der Waals surface area contributed by atoms with Crippen LogP contribution < -0.4 is 10.2 Å². The van der Waals surface area contributed by atoms with Gasteiger partial charge in [-0.2, -0.15) is 13.2 Å². The quantitative estimate of drug-likeness (QED) is 0.509. The zero-order valence-corrected chi connectivity index (χ0v) is 20.7. The standard InChI is InChI=1S/C26H31F3N6O/c1-16(17-6-4-7-18(10-17)26(27,28)29)31-25-22-11-20(35-13-21-9-5-8-19(35)15-36-21)12-30-24(22)23(32-33-25)14-34(2)3/h4,6-7,10-12,16,19,21H,5,8-9,13-15H2,1-3H3,(H,31,33)/t16-,19?,21?/m1/s1. The van der Waals surface area contributed by atoms with Gasteiger partial charge in [0, 0.05) is 18.5 Å². The molecule has 7 nitrogen and oxygen atoms in total. The summed E-state index contributed by atoms with van der Waals surface area (Å²) < 4.78 is 45.8. The van der Waals surface area contributed by atoms with E-state index in [0.717, 1.165) is 54.2 Å². The van der Waals surface area contributed by atoms with Crippen LogP contribution in [0.2, 0.25) is 0 Å². The van der Waals surface area contributed by atoms with Gasteiger partial charge in [0.2, 0.25) is 0 Å². The molecule has 0 spiro atoms. The van der Waals surface area contributed by atoms with Crippen LogP contribution in [0.5, 0.6) is 0 Å². The van der Waals surface area contributed by atoms with Gasteiger partial charge in [-0.3, -0.25) is 4.98 Å². The molecule has 3 aliphatic rings. The molecular formula is C26H31F3N6O. The van der Waals surface area contributed by atoms with Gasteiger partial charge in [-0.15, -0.1) is 10.2 Å². The third kappa shape index (κ3) is 5.10. The van der Waals surface area contributed by atoms with E-state index < -0.39 is 17.8 Å². The van der Waals surface area contributed by atoms with Crippen LogP contribution in [0, 0.1) is 0 Å². The molecule has 2 aromatic heterocycles. The lowest BCUT2D eigenvalue weighted by molar-refractivity contribution is -0.137. The predicted molar refractivity (Wildman–Crippen MR) is 133 cm³/mol. The maximum Gasteiger partial charge on any atom is 0.416 e. The molecule has 0 radical (unpaired) electrons. The number of nitrogens with zero attached hydrogens (tertiary/aromatic N) is 5. The molecule has 192 valence electrons. The SMILES string of the molecule is C[C@@H](Nc1nnc(CN(C)C)c2ncc(N3CC4CCCC3CO4)cc12)c1cccc(C(F)(F)F)c1. The van der Waals surface area contributed by atoms with Crippen LogP contribution in [0.3, 0.4) is 0 Å². The number of fused-ring (bicyclic) bond motifs is 5. The fraction of sp³-hybridized carbons (Fsp3) is 0.500. The first kappa shape index (κ1) is 24.7. The normalized spacial score (nSPS) is 21.1. The fourth-order valence-corrected chi connectivity index (χ4v) is 5.09. The summed E-state index contributed by atoms with van der Waals surface area (Å²) in [6.45, 7) is 3.92. The minimum atomic E-state index is -4.40. The maximum absolute atomic E-state index is 13.3. The minimum absolute atomic E-state index is 0.220. The molecule has 1 aromatic carbocycles. The number of hydrogen-bond donors (Lipinski definition) is 1. The van der Waals surface area contributed by atoms with Gasteiger partial charge in [-0.05, 0) is 64.0 Å². The average Bonchev–Trinajstić information content (AvgIpc) is 3.20. The minimum Gasteiger partial charge on any atom is -0.374 e. The molecular weight excluding hydrogens is 469 g/mol. The summed E-state index contributed by atoms with van der Waals surface area (Å²) in [6.07, 6.45) is 1.00. The van der Waals surface area contributed by atoms with Crippen LogP contribution in [0.15, 0.2) is 36.5 Å². The van der Waals surface area contributed by atoms with Gasteiger partial charge >= 0.3 is 6.18 Å². The molecule has 3 fully saturated rings. The Labute approximate surface area is 208 Å². The smallest absolute Gasteiger partial charge is 0.374 e. The summed E-state index contributed by atoms with van der Waals surface area (Å²) >= 11 is 0. The Hall–Kier alpha value is -2.98. The lowest BCUT2D eigenvalue weighted by atomic mass is 10.0. The van der Waals surface area contributed by atoms with Gasteiger partial charge < -0.3 is 19.9 Å². The number of anilines is 2. The van der Waals surface area contributed by atoms with E-state index in [-0.39, 0.29) is 6.10 Å². The van der Waals surface area contributed by atoms with Gasteiger partial charge in [-0.25, -0.2) is 0 Å². The Bertz CT molecular complexity index is 1230. The van der Waals surface area contributed by atoms with E-state index in [4.69, 9.17) is 9.72 Å². The van der Waals surface area contributed by atoms with Crippen molar-refractivity contribution < 1.29 is 17.9 Å². The zero-order valence-electron chi connectivity index (χ0n) is 20.7. The van der Waals surface area contributed by atoms with Crippen LogP contribution in [-0.4, -0.2) is 59.5 Å². The molecule has 3 saturated heterocycles. The second-order valence-corrected chi connectivity index (χ2v) is 10.0. The van der Waals surface area contributed by atoms with Crippen molar-refractivity contribution in [3.8, 4) is 0 Å². The molecule has 3 atom stereocenters. The number of alkyl halides is 3. The number of pyridine rings is 1. The Morgan fingerprint density at radius 3 is 2.81 bits per heavy atom. The summed E-state index contributed by atoms with van der Waals surface area (Å²) in [6, 6.07) is 7.33. The molecule has 5 heterocycles. The Morgan fingerprint density at radius 1 is 1.19 bits per heavy atom. The van der Waals surface area contributed by atoms with Gasteiger partial charge in [0.15, 0.2) is 5.82 Å². The summed E-state index contributed by atoms with van der Waals surface area (Å²) in [5.41, 5.74) is 2.33. The molecule has 0 saturated carbocycles. The highest BCUT2D eigenvalue weighted by atomic mass is 19.4. The van der Waals surface area contributed by atoms with Crippen LogP contribution >= 0.6 is 0 Å². The van der Waals surface area contributed by atoms with Crippen LogP contribution in [0.4, 0.5) is 24.7 Å². The van der Waals surface area contributed by atoms with Crippen molar-refractivity contribution in [2.45, 2.75) is 57.1 Å². The monoisotopic (exact) mass is 500 g/mol. The molecule has 2 unspecified atom stereocenters. The average molecular weight is 501 g/mol. The van der Waals surface area contributed by atoms with Crippen molar-refractivity contribution in [3.05, 3.63) is 53.3 Å². The molecule has 36 heavy (non-hydrogen) atoms. The Kier molecular flexibility index (Phi) is 6.74. The van der Waals surface area contributed by atoms with E-state index in [9.17, 15) is 13.2 Å². The topological polar surface area (TPSA) is 66.4 Å². The first-order valence-electron chi connectivity index (χ1n) is 12.3. The zero-order chi connectivity index (χ0) is 25.4. The molecule has 3 aromatic rings. The molecule has 2 bridgehead atoms. The van der Waals surface area contributed by atoms with E-state index in [2.05, 4.69) is 26.5 Å². The number of morpholine rings is 1. The highest BCUT2D eigenvalue weighted by molar-refractivity contribution is 5.92. The van der Waals surface area contributed by atoms with Crippen molar-refractivity contribution in [3.63, 3.8) is 0 Å². The van der Waals surface area contributed by atoms with Gasteiger partial charge in [0.1, 0.15) is 5.69 Å². The first-order valence-corrected chi connectivity index (χ1v) is 12.3. The molecule has 0 aliphatic carbocycles. The van der Waals surface area contributed by atoms with E-state index in [1.807, 2.05) is 32.1 Å². The second-order valence-electron chi connectivity index (χ2n) is 10.0. The van der Waals surface area contributed by atoms with Crippen molar-refractivity contribution in [1.29, 1.82) is 0 Å². The van der Waals surface area contributed by atoms with Crippen LogP contribution in [-0.2, 0) is 17.5 Å². The Balaban J connectivity index is 1.52. The van der Waals surface area contributed by atoms with E-state index in [1.165, 1.54) is 12.1 Å². The van der Waals surface area contributed by atoms with E-state index in [1.54, 1.807) is 6.07 Å². The molecule has 0 amide bonds. The number of halogens is 3. The number of benzene rings is 1. The van der Waals surface area contributed by atoms with Gasteiger partial charge in [0.05, 0.1) is 47.8 Å². The highest BCUT2D eigenvalue weighted by Gasteiger charge is 2.33. The summed E-state index contributed by atoms with van der Waals surface area (Å²) in [7, 11) is 3.91. The Morgan fingerprint density at radius 2 is 2.03 bits per heavy atom. The third-order valence-corrected chi connectivity index (χ3v) is 6.97. The van der Waals surface area contributed by atoms with Crippen molar-refractivity contribution in [1.82, 2.24) is 20.1 Å². The lowest BCUT2D eigenvalue weighted by Gasteiger charge is -2.38. The van der Waals surface area contributed by atoms with Gasteiger partial charge in [-0.1, -0.05) is 12.1 Å². The van der Waals surface area contributed by atoms with E-state index >= 15 is 0 Å². The van der Waals surface area contributed by atoms with Crippen molar-refractivity contribution in [2.75, 3.05) is 37.5 Å². The fourth-order valence-electron chi connectivity index (χ4n) is 5.09. The number of nitrogens with one attached hydrogen (secondary N) is 1. The molecule has 3 aliphatic heterocycles. The summed E-state index contributed by atoms with van der Waals surface area (Å²) in [5.74, 6) is 0.503. The first-order chi connectivity index (χ1) is 17.2. The third-order valence-electron chi connectivity index (χ3n) is 6.97. The van der Waals surface area contributed by atoms with Crippen LogP contribution in [0.25, 0.3) is 10.9 Å². The lowest BCUT2D eigenvalue weighted by Crippen LogP contribution is -2.47. The molecule has 10 heteroatoms. The number of ether oxygens (including phenoxy) is 1. The number of aromatic nitrogens is 3. The summed E-state index contributed by atoms with van der Waals surface area (Å²) in [4.78, 5) is 9.19. The van der Waals surface area contributed by atoms with Crippen molar-refractivity contribution in [2.24, 2.45) is 0 Å². The highest BCUT2D eigenvalue weighted by Crippen LogP contribution is 2.35. The molecule has 1 N–H and O–H groups in total. The van der Waals surface area contributed by atoms with Crippen molar-refractivity contribution >= 4 is 22.4 Å².